The molecule has 0 saturated carbocycles. The summed E-state index contributed by atoms with van der Waals surface area (Å²) < 4.78 is 0. The van der Waals surface area contributed by atoms with Gasteiger partial charge in [-0.1, -0.05) is 19.9 Å². The molecule has 0 fully saturated rings. The Morgan fingerprint density at radius 3 is 2.76 bits per heavy atom. The molecule has 1 atom stereocenters. The minimum Gasteiger partial charge on any atom is -0.329 e. The highest BCUT2D eigenvalue weighted by Crippen LogP contribution is 2.25. The average molecular weight is 251 g/mol. The van der Waals surface area contributed by atoms with Gasteiger partial charge in [-0.3, -0.25) is 4.90 Å². The lowest BCUT2D eigenvalue weighted by atomic mass is 10.1. The summed E-state index contributed by atoms with van der Waals surface area (Å²) >= 11 is 1.74. The molecule has 0 spiro atoms. The van der Waals surface area contributed by atoms with Gasteiger partial charge in [0.05, 0.1) is 12.1 Å². The Morgan fingerprint density at radius 2 is 2.29 bits per heavy atom. The zero-order valence-corrected chi connectivity index (χ0v) is 11.4. The van der Waals surface area contributed by atoms with Crippen molar-refractivity contribution in [2.45, 2.75) is 26.3 Å². The summed E-state index contributed by atoms with van der Waals surface area (Å²) in [4.78, 5) is 3.63. The third kappa shape index (κ3) is 4.47. The van der Waals surface area contributed by atoms with Crippen LogP contribution in [0.2, 0.25) is 0 Å². The first-order valence-corrected chi connectivity index (χ1v) is 6.91. The van der Waals surface area contributed by atoms with E-state index in [0.717, 1.165) is 13.1 Å². The minimum atomic E-state index is 0.255. The van der Waals surface area contributed by atoms with Gasteiger partial charge in [0.1, 0.15) is 0 Å². The van der Waals surface area contributed by atoms with Gasteiger partial charge in [0, 0.05) is 30.9 Å². The van der Waals surface area contributed by atoms with E-state index in [2.05, 4.69) is 42.3 Å². The molecule has 17 heavy (non-hydrogen) atoms. The predicted molar refractivity (Wildman–Crippen MR) is 72.8 cm³/mol. The van der Waals surface area contributed by atoms with Crippen LogP contribution in [-0.4, -0.2) is 24.5 Å². The van der Waals surface area contributed by atoms with Gasteiger partial charge in [0.25, 0.3) is 0 Å². The van der Waals surface area contributed by atoms with E-state index < -0.39 is 0 Å². The zero-order chi connectivity index (χ0) is 12.7. The van der Waals surface area contributed by atoms with Crippen molar-refractivity contribution >= 4 is 11.3 Å². The second-order valence-electron chi connectivity index (χ2n) is 4.56. The van der Waals surface area contributed by atoms with Crippen molar-refractivity contribution in [3.05, 3.63) is 22.4 Å². The van der Waals surface area contributed by atoms with E-state index in [9.17, 15) is 0 Å². The van der Waals surface area contributed by atoms with E-state index in [0.29, 0.717) is 18.9 Å². The Kier molecular flexibility index (Phi) is 6.20. The predicted octanol–water partition coefficient (Wildman–Crippen LogP) is 2.62. The first-order valence-electron chi connectivity index (χ1n) is 6.03. The van der Waals surface area contributed by atoms with Crippen molar-refractivity contribution in [2.24, 2.45) is 11.7 Å². The van der Waals surface area contributed by atoms with E-state index in [4.69, 9.17) is 11.0 Å². The standard InChI is InChI=1S/C13H21N3S/c1-11(2)10-16(7-4-6-14)12(9-15)13-5-3-8-17-13/h3,5,8,11-12H,4,7,9-10,15H2,1-2H3. The summed E-state index contributed by atoms with van der Waals surface area (Å²) in [5.41, 5.74) is 5.89. The summed E-state index contributed by atoms with van der Waals surface area (Å²) in [5.74, 6) is 0.586. The summed E-state index contributed by atoms with van der Waals surface area (Å²) in [5, 5.41) is 10.8. The molecule has 0 saturated heterocycles. The molecule has 1 aromatic heterocycles. The molecule has 0 aromatic carbocycles. The van der Waals surface area contributed by atoms with Gasteiger partial charge in [-0.05, 0) is 17.4 Å². The number of nitriles is 1. The Labute approximate surface area is 108 Å². The quantitative estimate of drug-likeness (QED) is 0.810. The van der Waals surface area contributed by atoms with Crippen molar-refractivity contribution in [1.29, 1.82) is 5.26 Å². The van der Waals surface area contributed by atoms with Crippen LogP contribution in [0.15, 0.2) is 17.5 Å². The number of hydrogen-bond acceptors (Lipinski definition) is 4. The summed E-state index contributed by atoms with van der Waals surface area (Å²) in [6.45, 7) is 6.79. The SMILES string of the molecule is CC(C)CN(CCC#N)C(CN)c1cccs1. The van der Waals surface area contributed by atoms with Crippen LogP contribution in [-0.2, 0) is 0 Å². The largest absolute Gasteiger partial charge is 0.329 e. The van der Waals surface area contributed by atoms with Crippen LogP contribution >= 0.6 is 11.3 Å². The third-order valence-electron chi connectivity index (χ3n) is 2.65. The van der Waals surface area contributed by atoms with Crippen LogP contribution in [0.3, 0.4) is 0 Å². The maximum atomic E-state index is 8.73. The van der Waals surface area contributed by atoms with E-state index in [1.165, 1.54) is 4.88 Å². The number of hydrogen-bond donors (Lipinski definition) is 1. The van der Waals surface area contributed by atoms with Crippen LogP contribution in [0.5, 0.6) is 0 Å². The Morgan fingerprint density at radius 1 is 1.53 bits per heavy atom. The van der Waals surface area contributed by atoms with Crippen molar-refractivity contribution in [2.75, 3.05) is 19.6 Å². The molecule has 1 heterocycles. The van der Waals surface area contributed by atoms with E-state index in [-0.39, 0.29) is 6.04 Å². The molecular weight excluding hydrogens is 230 g/mol. The van der Waals surface area contributed by atoms with Crippen molar-refractivity contribution in [1.82, 2.24) is 4.90 Å². The molecule has 0 aliphatic rings. The number of nitrogens with zero attached hydrogens (tertiary/aromatic N) is 2. The van der Waals surface area contributed by atoms with Gasteiger partial charge < -0.3 is 5.73 Å². The maximum absolute atomic E-state index is 8.73. The normalized spacial score (nSPS) is 12.9. The molecule has 1 rings (SSSR count). The highest BCUT2D eigenvalue weighted by Gasteiger charge is 2.20. The van der Waals surface area contributed by atoms with Gasteiger partial charge in [-0.2, -0.15) is 5.26 Å². The summed E-state index contributed by atoms with van der Waals surface area (Å²) in [6, 6.07) is 6.65. The lowest BCUT2D eigenvalue weighted by Gasteiger charge is -2.31. The van der Waals surface area contributed by atoms with Crippen LogP contribution in [0, 0.1) is 17.2 Å². The second-order valence-corrected chi connectivity index (χ2v) is 5.54. The number of nitrogens with two attached hydrogens (primary N) is 1. The first kappa shape index (κ1) is 14.2. The Bertz CT molecular complexity index is 340. The molecule has 0 amide bonds. The second kappa shape index (κ2) is 7.44. The molecule has 2 N–H and O–H groups in total. The molecule has 1 aromatic rings. The molecule has 0 aliphatic heterocycles. The molecule has 3 nitrogen and oxygen atoms in total. The van der Waals surface area contributed by atoms with Crippen molar-refractivity contribution < 1.29 is 0 Å². The Balaban J connectivity index is 2.75. The van der Waals surface area contributed by atoms with Crippen LogP contribution in [0.1, 0.15) is 31.2 Å². The lowest BCUT2D eigenvalue weighted by Crippen LogP contribution is -2.36. The zero-order valence-electron chi connectivity index (χ0n) is 10.6. The molecule has 0 radical (unpaired) electrons. The number of thiophene rings is 1. The Hall–Kier alpha value is -0.890. The monoisotopic (exact) mass is 251 g/mol. The molecule has 94 valence electrons. The van der Waals surface area contributed by atoms with Crippen molar-refractivity contribution in [3.63, 3.8) is 0 Å². The van der Waals surface area contributed by atoms with Gasteiger partial charge >= 0.3 is 0 Å². The molecule has 0 bridgehead atoms. The van der Waals surface area contributed by atoms with Crippen LogP contribution in [0.4, 0.5) is 0 Å². The topological polar surface area (TPSA) is 53.0 Å². The maximum Gasteiger partial charge on any atom is 0.0635 e. The van der Waals surface area contributed by atoms with Crippen molar-refractivity contribution in [3.8, 4) is 6.07 Å². The van der Waals surface area contributed by atoms with E-state index >= 15 is 0 Å². The smallest absolute Gasteiger partial charge is 0.0635 e. The summed E-state index contributed by atoms with van der Waals surface area (Å²) in [6.07, 6.45) is 0.564. The van der Waals surface area contributed by atoms with Gasteiger partial charge in [-0.15, -0.1) is 11.3 Å². The fourth-order valence-electron chi connectivity index (χ4n) is 1.96. The highest BCUT2D eigenvalue weighted by atomic mass is 32.1. The van der Waals surface area contributed by atoms with Gasteiger partial charge in [0.2, 0.25) is 0 Å². The summed E-state index contributed by atoms with van der Waals surface area (Å²) in [7, 11) is 0. The molecular formula is C13H21N3S. The fraction of sp³-hybridized carbons (Fsp3) is 0.615. The lowest BCUT2D eigenvalue weighted by molar-refractivity contribution is 0.186. The highest BCUT2D eigenvalue weighted by molar-refractivity contribution is 7.10. The first-order chi connectivity index (χ1) is 8.19. The van der Waals surface area contributed by atoms with Gasteiger partial charge in [-0.25, -0.2) is 0 Å². The minimum absolute atomic E-state index is 0.255. The fourth-order valence-corrected chi connectivity index (χ4v) is 2.84. The van der Waals surface area contributed by atoms with Crippen LogP contribution < -0.4 is 5.73 Å². The average Bonchev–Trinajstić information content (AvgIpc) is 2.79. The molecule has 4 heteroatoms. The molecule has 1 unspecified atom stereocenters. The third-order valence-corrected chi connectivity index (χ3v) is 3.62. The van der Waals surface area contributed by atoms with Crippen LogP contribution in [0.25, 0.3) is 0 Å². The van der Waals surface area contributed by atoms with E-state index in [1.807, 2.05) is 0 Å². The van der Waals surface area contributed by atoms with Gasteiger partial charge in [0.15, 0.2) is 0 Å². The van der Waals surface area contributed by atoms with E-state index in [1.54, 1.807) is 11.3 Å². The number of rotatable bonds is 7. The molecule has 0 aliphatic carbocycles.